The second-order valence-electron chi connectivity index (χ2n) is 5.54. The fourth-order valence-electron chi connectivity index (χ4n) is 2.19. The number of nitrogens with zero attached hydrogens (tertiary/aromatic N) is 5. The van der Waals surface area contributed by atoms with Gasteiger partial charge in [0.25, 0.3) is 5.56 Å². The molecule has 0 spiro atoms. The summed E-state index contributed by atoms with van der Waals surface area (Å²) < 4.78 is 7.63. The third-order valence-electron chi connectivity index (χ3n) is 3.52. The summed E-state index contributed by atoms with van der Waals surface area (Å²) in [5.74, 6) is 1.13. The maximum Gasteiger partial charge on any atom is 0.256 e. The summed E-state index contributed by atoms with van der Waals surface area (Å²) in [6.07, 6.45) is 1.53. The van der Waals surface area contributed by atoms with Crippen LogP contribution >= 0.6 is 23.5 Å². The van der Waals surface area contributed by atoms with Crippen LogP contribution in [0.4, 0.5) is 0 Å². The lowest BCUT2D eigenvalue weighted by Gasteiger charge is -2.10. The first-order valence-electron chi connectivity index (χ1n) is 7.67. The fourth-order valence-corrected chi connectivity index (χ4v) is 2.99. The van der Waals surface area contributed by atoms with Crippen LogP contribution in [-0.4, -0.2) is 29.4 Å². The monoisotopic (exact) mass is 393 g/mol. The second kappa shape index (κ2) is 8.00. The molecule has 0 atom stereocenters. The van der Waals surface area contributed by atoms with Crippen LogP contribution in [0.2, 0.25) is 5.02 Å². The average molecular weight is 394 g/mol. The van der Waals surface area contributed by atoms with E-state index in [1.807, 2.05) is 0 Å². The molecular formula is C16H16ClN5O3S. The zero-order valence-corrected chi connectivity index (χ0v) is 15.7. The zero-order chi connectivity index (χ0) is 18.7. The molecule has 0 bridgehead atoms. The van der Waals surface area contributed by atoms with Gasteiger partial charge in [0.1, 0.15) is 12.4 Å². The van der Waals surface area contributed by atoms with Crippen molar-refractivity contribution < 1.29 is 9.73 Å². The summed E-state index contributed by atoms with van der Waals surface area (Å²) >= 11 is 6.94. The molecule has 0 unspecified atom stereocenters. The van der Waals surface area contributed by atoms with Gasteiger partial charge in [-0.25, -0.2) is 4.98 Å². The lowest BCUT2D eigenvalue weighted by Crippen LogP contribution is -2.26. The Morgan fingerprint density at radius 1 is 1.31 bits per heavy atom. The highest BCUT2D eigenvalue weighted by Crippen LogP contribution is 2.23. The third-order valence-corrected chi connectivity index (χ3v) is 4.60. The first-order valence-corrected chi connectivity index (χ1v) is 8.82. The van der Waals surface area contributed by atoms with Crippen LogP contribution in [0.25, 0.3) is 0 Å². The number of halogens is 1. The van der Waals surface area contributed by atoms with Gasteiger partial charge in [0.2, 0.25) is 5.89 Å². The molecule has 1 N–H and O–H groups in total. The van der Waals surface area contributed by atoms with Crippen molar-refractivity contribution in [2.75, 3.05) is 0 Å². The molecule has 8 nitrogen and oxygen atoms in total. The molecule has 3 rings (SSSR count). The Morgan fingerprint density at radius 2 is 2.04 bits per heavy atom. The quantitative estimate of drug-likeness (QED) is 0.504. The van der Waals surface area contributed by atoms with E-state index in [1.54, 1.807) is 38.1 Å². The van der Waals surface area contributed by atoms with Crippen molar-refractivity contribution in [3.05, 3.63) is 68.9 Å². The standard InChI is InChI=1S/C16H16ClN5O3S/c1-10-7-18-11(2)21(16(10)23)9-15-19-14(20-25-15)8-22(24)26-13-5-3-12(17)4-6-13/h3-7,24H,8-9H2,1-2H3. The number of hydroxylamine groups is 1. The van der Waals surface area contributed by atoms with Gasteiger partial charge in [-0.05, 0) is 50.1 Å². The predicted molar refractivity (Wildman–Crippen MR) is 96.0 cm³/mol. The summed E-state index contributed by atoms with van der Waals surface area (Å²) in [7, 11) is 0. The van der Waals surface area contributed by atoms with Crippen LogP contribution in [0.15, 0.2) is 44.7 Å². The van der Waals surface area contributed by atoms with Crippen molar-refractivity contribution in [2.24, 2.45) is 0 Å². The molecule has 0 aliphatic heterocycles. The minimum absolute atomic E-state index is 0.0523. The van der Waals surface area contributed by atoms with Gasteiger partial charge in [-0.15, -0.1) is 4.47 Å². The van der Waals surface area contributed by atoms with Crippen LogP contribution in [0, 0.1) is 13.8 Å². The van der Waals surface area contributed by atoms with Gasteiger partial charge in [0.15, 0.2) is 5.82 Å². The Morgan fingerprint density at radius 3 is 2.77 bits per heavy atom. The molecule has 0 radical (unpaired) electrons. The first kappa shape index (κ1) is 18.6. The summed E-state index contributed by atoms with van der Waals surface area (Å²) in [5.41, 5.74) is 0.385. The van der Waals surface area contributed by atoms with Crippen molar-refractivity contribution in [3.8, 4) is 0 Å². The highest BCUT2D eigenvalue weighted by Gasteiger charge is 2.14. The van der Waals surface area contributed by atoms with Crippen molar-refractivity contribution >= 4 is 23.5 Å². The van der Waals surface area contributed by atoms with E-state index in [0.717, 1.165) is 21.3 Å². The van der Waals surface area contributed by atoms with Crippen LogP contribution in [0.1, 0.15) is 23.1 Å². The van der Waals surface area contributed by atoms with E-state index in [1.165, 1.54) is 10.8 Å². The van der Waals surface area contributed by atoms with Crippen LogP contribution in [-0.2, 0) is 13.1 Å². The number of aromatic nitrogens is 4. The molecule has 2 heterocycles. The van der Waals surface area contributed by atoms with Crippen LogP contribution < -0.4 is 5.56 Å². The van der Waals surface area contributed by atoms with Gasteiger partial charge in [-0.2, -0.15) is 4.98 Å². The average Bonchev–Trinajstić information content (AvgIpc) is 3.04. The molecule has 3 aromatic rings. The molecule has 0 fully saturated rings. The van der Waals surface area contributed by atoms with Crippen molar-refractivity contribution in [1.82, 2.24) is 24.2 Å². The van der Waals surface area contributed by atoms with Gasteiger partial charge in [0, 0.05) is 21.7 Å². The number of hydrogen-bond donors (Lipinski definition) is 1. The predicted octanol–water partition coefficient (Wildman–Crippen LogP) is 2.84. The number of rotatable bonds is 6. The summed E-state index contributed by atoms with van der Waals surface area (Å²) in [4.78, 5) is 21.4. The fraction of sp³-hybridized carbons (Fsp3) is 0.250. The molecule has 26 heavy (non-hydrogen) atoms. The highest BCUT2D eigenvalue weighted by molar-refractivity contribution is 7.96. The van der Waals surface area contributed by atoms with E-state index in [-0.39, 0.29) is 24.5 Å². The molecule has 0 aliphatic rings. The third kappa shape index (κ3) is 4.50. The molecule has 0 saturated carbocycles. The number of hydrogen-bond acceptors (Lipinski definition) is 8. The van der Waals surface area contributed by atoms with Gasteiger partial charge in [-0.3, -0.25) is 9.36 Å². The van der Waals surface area contributed by atoms with E-state index in [9.17, 15) is 10.0 Å². The molecular weight excluding hydrogens is 378 g/mol. The highest BCUT2D eigenvalue weighted by atomic mass is 35.5. The summed E-state index contributed by atoms with van der Waals surface area (Å²) in [6.45, 7) is 3.61. The zero-order valence-electron chi connectivity index (χ0n) is 14.1. The Kier molecular flexibility index (Phi) is 5.72. The lowest BCUT2D eigenvalue weighted by molar-refractivity contribution is 0.00616. The molecule has 0 saturated heterocycles. The van der Waals surface area contributed by atoms with Gasteiger partial charge in [0.05, 0.1) is 6.54 Å². The molecule has 1 aromatic carbocycles. The van der Waals surface area contributed by atoms with Gasteiger partial charge in [-0.1, -0.05) is 16.8 Å². The van der Waals surface area contributed by atoms with Crippen molar-refractivity contribution in [2.45, 2.75) is 31.8 Å². The molecule has 136 valence electrons. The lowest BCUT2D eigenvalue weighted by atomic mass is 10.3. The number of benzene rings is 1. The number of aryl methyl sites for hydroxylation is 2. The molecule has 0 amide bonds. The maximum atomic E-state index is 12.2. The van der Waals surface area contributed by atoms with Gasteiger partial charge < -0.3 is 9.73 Å². The Hall–Kier alpha value is -2.20. The molecule has 2 aromatic heterocycles. The Balaban J connectivity index is 1.65. The Labute approximate surface area is 158 Å². The molecule has 0 aliphatic carbocycles. The first-order chi connectivity index (χ1) is 12.4. The van der Waals surface area contributed by atoms with Crippen LogP contribution in [0.5, 0.6) is 0 Å². The SMILES string of the molecule is Cc1cnc(C)n(Cc2nc(CN(O)Sc3ccc(Cl)cc3)no2)c1=O. The van der Waals surface area contributed by atoms with Crippen LogP contribution in [0.3, 0.4) is 0 Å². The Bertz CT molecular complexity index is 957. The topological polar surface area (TPSA) is 97.3 Å². The minimum Gasteiger partial charge on any atom is -0.337 e. The summed E-state index contributed by atoms with van der Waals surface area (Å²) in [5, 5.41) is 14.5. The smallest absolute Gasteiger partial charge is 0.256 e. The second-order valence-corrected chi connectivity index (χ2v) is 7.05. The van der Waals surface area contributed by atoms with Crippen molar-refractivity contribution in [3.63, 3.8) is 0 Å². The van der Waals surface area contributed by atoms with E-state index in [4.69, 9.17) is 16.1 Å². The van der Waals surface area contributed by atoms with E-state index < -0.39 is 0 Å². The van der Waals surface area contributed by atoms with E-state index in [0.29, 0.717) is 22.2 Å². The normalized spacial score (nSPS) is 11.3. The van der Waals surface area contributed by atoms with E-state index >= 15 is 0 Å². The summed E-state index contributed by atoms with van der Waals surface area (Å²) in [6, 6.07) is 7.05. The van der Waals surface area contributed by atoms with Crippen molar-refractivity contribution in [1.29, 1.82) is 0 Å². The van der Waals surface area contributed by atoms with Gasteiger partial charge >= 0.3 is 0 Å². The minimum atomic E-state index is -0.153. The maximum absolute atomic E-state index is 12.2. The van der Waals surface area contributed by atoms with E-state index in [2.05, 4.69) is 15.1 Å². The largest absolute Gasteiger partial charge is 0.337 e. The molecule has 10 heteroatoms.